The third kappa shape index (κ3) is 3.95. The van der Waals surface area contributed by atoms with Gasteiger partial charge in [-0.2, -0.15) is 0 Å². The van der Waals surface area contributed by atoms with Crippen molar-refractivity contribution >= 4 is 23.4 Å². The van der Waals surface area contributed by atoms with Gasteiger partial charge in [0, 0.05) is 16.1 Å². The van der Waals surface area contributed by atoms with Crippen LogP contribution in [-0.2, 0) is 4.74 Å². The van der Waals surface area contributed by atoms with Crippen molar-refractivity contribution in [3.63, 3.8) is 0 Å². The molecule has 124 valence electrons. The lowest BCUT2D eigenvalue weighted by atomic mass is 9.99. The number of benzene rings is 3. The summed E-state index contributed by atoms with van der Waals surface area (Å²) in [6, 6.07) is 24.1. The molecular formula is C21H15ClO3. The summed E-state index contributed by atoms with van der Waals surface area (Å²) >= 11 is 6.24. The lowest BCUT2D eigenvalue weighted by molar-refractivity contribution is 0.0280. The Morgan fingerprint density at radius 3 is 1.84 bits per heavy atom. The molecule has 0 fully saturated rings. The lowest BCUT2D eigenvalue weighted by Crippen LogP contribution is -2.20. The summed E-state index contributed by atoms with van der Waals surface area (Å²) < 4.78 is 5.55. The van der Waals surface area contributed by atoms with Crippen molar-refractivity contribution in [2.75, 3.05) is 0 Å². The molecule has 0 aromatic heterocycles. The van der Waals surface area contributed by atoms with Crippen molar-refractivity contribution in [1.82, 2.24) is 0 Å². The first-order chi connectivity index (χ1) is 12.2. The molecule has 0 spiro atoms. The molecule has 1 atom stereocenters. The number of rotatable bonds is 5. The Bertz CT molecular complexity index is 876. The van der Waals surface area contributed by atoms with E-state index in [-0.39, 0.29) is 5.78 Å². The van der Waals surface area contributed by atoms with E-state index in [4.69, 9.17) is 16.3 Å². The van der Waals surface area contributed by atoms with Gasteiger partial charge in [0.15, 0.2) is 6.10 Å². The van der Waals surface area contributed by atoms with Crippen LogP contribution in [0.15, 0.2) is 84.9 Å². The SMILES string of the molecule is O=C(O[C@H](C(=O)c1ccccc1)c1ccccc1Cl)c1ccccc1. The minimum atomic E-state index is -1.11. The zero-order chi connectivity index (χ0) is 17.6. The van der Waals surface area contributed by atoms with Gasteiger partial charge in [-0.25, -0.2) is 4.79 Å². The minimum absolute atomic E-state index is 0.321. The van der Waals surface area contributed by atoms with Crippen LogP contribution in [0.5, 0.6) is 0 Å². The third-order valence-corrected chi connectivity index (χ3v) is 4.06. The van der Waals surface area contributed by atoms with Crippen LogP contribution in [0.1, 0.15) is 32.4 Å². The lowest BCUT2D eigenvalue weighted by Gasteiger charge is -2.18. The maximum atomic E-state index is 12.9. The summed E-state index contributed by atoms with van der Waals surface area (Å²) in [6.45, 7) is 0. The molecule has 3 rings (SSSR count). The Morgan fingerprint density at radius 2 is 1.24 bits per heavy atom. The second kappa shape index (κ2) is 7.77. The molecule has 0 radical (unpaired) electrons. The Hall–Kier alpha value is -2.91. The number of ketones is 1. The van der Waals surface area contributed by atoms with Gasteiger partial charge in [-0.05, 0) is 18.2 Å². The van der Waals surface area contributed by atoms with Gasteiger partial charge in [-0.3, -0.25) is 4.79 Å². The topological polar surface area (TPSA) is 43.4 Å². The van der Waals surface area contributed by atoms with Crippen LogP contribution < -0.4 is 0 Å². The first kappa shape index (κ1) is 16.9. The molecule has 0 aliphatic heterocycles. The molecule has 0 N–H and O–H groups in total. The van der Waals surface area contributed by atoms with Crippen LogP contribution in [0.2, 0.25) is 5.02 Å². The molecular weight excluding hydrogens is 336 g/mol. The first-order valence-corrected chi connectivity index (χ1v) is 8.14. The van der Waals surface area contributed by atoms with Gasteiger partial charge >= 0.3 is 5.97 Å². The van der Waals surface area contributed by atoms with E-state index in [1.807, 2.05) is 6.07 Å². The number of carbonyl (C=O) groups is 2. The van der Waals surface area contributed by atoms with Gasteiger partial charge < -0.3 is 4.74 Å². The summed E-state index contributed by atoms with van der Waals surface area (Å²) in [5.74, 6) is -0.896. The fourth-order valence-corrected chi connectivity index (χ4v) is 2.68. The largest absolute Gasteiger partial charge is 0.445 e. The third-order valence-electron chi connectivity index (χ3n) is 3.72. The average Bonchev–Trinajstić information content (AvgIpc) is 2.67. The van der Waals surface area contributed by atoms with Crippen LogP contribution in [-0.4, -0.2) is 11.8 Å². The van der Waals surface area contributed by atoms with Crippen LogP contribution in [0.4, 0.5) is 0 Å². The van der Waals surface area contributed by atoms with Crippen LogP contribution in [0, 0.1) is 0 Å². The quantitative estimate of drug-likeness (QED) is 0.473. The molecule has 0 amide bonds. The molecule has 4 heteroatoms. The number of carbonyl (C=O) groups excluding carboxylic acids is 2. The number of Topliss-reactive ketones (excluding diaryl/α,β-unsaturated/α-hetero) is 1. The Morgan fingerprint density at radius 1 is 0.720 bits per heavy atom. The Balaban J connectivity index is 1.96. The summed E-state index contributed by atoms with van der Waals surface area (Å²) in [4.78, 5) is 25.4. The molecule has 0 aliphatic carbocycles. The predicted molar refractivity (Wildman–Crippen MR) is 96.8 cm³/mol. The first-order valence-electron chi connectivity index (χ1n) is 7.76. The van der Waals surface area contributed by atoms with Crippen LogP contribution in [0.3, 0.4) is 0 Å². The number of hydrogen-bond acceptors (Lipinski definition) is 3. The molecule has 0 aliphatic rings. The Kier molecular flexibility index (Phi) is 5.26. The van der Waals surface area contributed by atoms with E-state index in [0.29, 0.717) is 21.7 Å². The number of hydrogen-bond donors (Lipinski definition) is 0. The monoisotopic (exact) mass is 350 g/mol. The summed E-state index contributed by atoms with van der Waals surface area (Å²) in [5, 5.41) is 0.373. The standard InChI is InChI=1S/C21H15ClO3/c22-18-14-8-7-13-17(18)20(19(23)15-9-3-1-4-10-15)25-21(24)16-11-5-2-6-12-16/h1-14,20H/t20-/m0/s1. The zero-order valence-electron chi connectivity index (χ0n) is 13.3. The van der Waals surface area contributed by atoms with E-state index in [2.05, 4.69) is 0 Å². The van der Waals surface area contributed by atoms with Gasteiger partial charge in [0.2, 0.25) is 5.78 Å². The smallest absolute Gasteiger partial charge is 0.339 e. The van der Waals surface area contributed by atoms with Crippen molar-refractivity contribution in [2.45, 2.75) is 6.10 Å². The molecule has 3 nitrogen and oxygen atoms in total. The fourth-order valence-electron chi connectivity index (χ4n) is 2.45. The highest BCUT2D eigenvalue weighted by molar-refractivity contribution is 6.31. The van der Waals surface area contributed by atoms with Gasteiger partial charge in [-0.15, -0.1) is 0 Å². The highest BCUT2D eigenvalue weighted by atomic mass is 35.5. The highest BCUT2D eigenvalue weighted by Gasteiger charge is 2.28. The predicted octanol–water partition coefficient (Wildman–Crippen LogP) is 5.12. The van der Waals surface area contributed by atoms with Crippen molar-refractivity contribution in [3.05, 3.63) is 107 Å². The van der Waals surface area contributed by atoms with Crippen molar-refractivity contribution in [2.24, 2.45) is 0 Å². The number of halogens is 1. The zero-order valence-corrected chi connectivity index (χ0v) is 14.0. The van der Waals surface area contributed by atoms with E-state index >= 15 is 0 Å². The molecule has 0 bridgehead atoms. The van der Waals surface area contributed by atoms with Crippen LogP contribution >= 0.6 is 11.6 Å². The van der Waals surface area contributed by atoms with Crippen LogP contribution in [0.25, 0.3) is 0 Å². The molecule has 0 heterocycles. The van der Waals surface area contributed by atoms with Gasteiger partial charge in [0.25, 0.3) is 0 Å². The van der Waals surface area contributed by atoms with E-state index in [1.165, 1.54) is 0 Å². The van der Waals surface area contributed by atoms with E-state index < -0.39 is 12.1 Å². The highest BCUT2D eigenvalue weighted by Crippen LogP contribution is 2.29. The second-order valence-corrected chi connectivity index (χ2v) is 5.81. The Labute approximate surface area is 150 Å². The minimum Gasteiger partial charge on any atom is -0.445 e. The van der Waals surface area contributed by atoms with E-state index in [0.717, 1.165) is 0 Å². The summed E-state index contributed by atoms with van der Waals surface area (Å²) in [6.07, 6.45) is -1.11. The fraction of sp³-hybridized carbons (Fsp3) is 0.0476. The number of esters is 1. The van der Waals surface area contributed by atoms with Gasteiger partial charge in [-0.1, -0.05) is 78.3 Å². The molecule has 3 aromatic rings. The normalized spacial score (nSPS) is 11.6. The molecule has 0 saturated carbocycles. The second-order valence-electron chi connectivity index (χ2n) is 5.40. The maximum Gasteiger partial charge on any atom is 0.339 e. The summed E-state index contributed by atoms with van der Waals surface area (Å²) in [7, 11) is 0. The molecule has 0 unspecified atom stereocenters. The van der Waals surface area contributed by atoms with Gasteiger partial charge in [0.05, 0.1) is 5.56 Å². The average molecular weight is 351 g/mol. The molecule has 3 aromatic carbocycles. The van der Waals surface area contributed by atoms with E-state index in [9.17, 15) is 9.59 Å². The van der Waals surface area contributed by atoms with E-state index in [1.54, 1.807) is 78.9 Å². The van der Waals surface area contributed by atoms with Gasteiger partial charge in [0.1, 0.15) is 0 Å². The maximum absolute atomic E-state index is 12.9. The molecule has 0 saturated heterocycles. The van der Waals surface area contributed by atoms with Crippen molar-refractivity contribution < 1.29 is 14.3 Å². The van der Waals surface area contributed by atoms with Crippen molar-refractivity contribution in [1.29, 1.82) is 0 Å². The van der Waals surface area contributed by atoms with Crippen molar-refractivity contribution in [3.8, 4) is 0 Å². The number of ether oxygens (including phenoxy) is 1. The molecule has 25 heavy (non-hydrogen) atoms. The summed E-state index contributed by atoms with van der Waals surface area (Å²) in [5.41, 5.74) is 1.29.